The number of nitrogens with one attached hydrogen (secondary N) is 2. The van der Waals surface area contributed by atoms with E-state index in [0.717, 1.165) is 29.4 Å². The van der Waals surface area contributed by atoms with Gasteiger partial charge in [0.25, 0.3) is 5.91 Å². The smallest absolute Gasteiger partial charge is 0.254 e. The lowest BCUT2D eigenvalue weighted by Gasteiger charge is -2.31. The first-order chi connectivity index (χ1) is 13.7. The minimum Gasteiger partial charge on any atom is -0.383 e. The standard InChI is InChI=1S/C22H29N3O3.ClH/c1-28-16-13-23-11-12-24-21(26)18-9-14-25(15-10-18)22(27)20-8-4-6-17-5-2-3-7-19(17)20;/h2-8,18,23H,9-16H2,1H3,(H,24,26);1H. The lowest BCUT2D eigenvalue weighted by atomic mass is 9.95. The molecule has 0 bridgehead atoms. The van der Waals surface area contributed by atoms with E-state index < -0.39 is 0 Å². The molecule has 2 aromatic rings. The molecule has 2 aromatic carbocycles. The third-order valence-corrected chi connectivity index (χ3v) is 5.26. The van der Waals surface area contributed by atoms with Gasteiger partial charge in [-0.15, -0.1) is 12.4 Å². The SMILES string of the molecule is COCCNCCNC(=O)C1CCN(C(=O)c2cccc3ccccc23)CC1.Cl. The van der Waals surface area contributed by atoms with Crippen LogP contribution in [0.2, 0.25) is 0 Å². The molecule has 7 heteroatoms. The minimum absolute atomic E-state index is 0. The highest BCUT2D eigenvalue weighted by Crippen LogP contribution is 2.23. The summed E-state index contributed by atoms with van der Waals surface area (Å²) < 4.78 is 4.97. The molecule has 0 atom stereocenters. The van der Waals surface area contributed by atoms with E-state index in [0.29, 0.717) is 39.1 Å². The molecule has 1 fully saturated rings. The Bertz CT molecular complexity index is 801. The summed E-state index contributed by atoms with van der Waals surface area (Å²) in [6, 6.07) is 13.8. The topological polar surface area (TPSA) is 70.7 Å². The number of methoxy groups -OCH3 is 1. The Balaban J connectivity index is 0.00000300. The summed E-state index contributed by atoms with van der Waals surface area (Å²) in [5.74, 6) is 0.124. The number of piperidine rings is 1. The van der Waals surface area contributed by atoms with Gasteiger partial charge >= 0.3 is 0 Å². The van der Waals surface area contributed by atoms with E-state index in [-0.39, 0.29) is 30.1 Å². The van der Waals surface area contributed by atoms with Crippen LogP contribution in [0.4, 0.5) is 0 Å². The highest BCUT2D eigenvalue weighted by molar-refractivity contribution is 6.07. The second-order valence-electron chi connectivity index (χ2n) is 7.13. The van der Waals surface area contributed by atoms with Crippen LogP contribution in [-0.4, -0.2) is 63.2 Å². The number of likely N-dealkylation sites (tertiary alicyclic amines) is 1. The molecule has 3 rings (SSSR count). The summed E-state index contributed by atoms with van der Waals surface area (Å²) in [5.41, 5.74) is 0.739. The molecule has 1 heterocycles. The van der Waals surface area contributed by atoms with Crippen LogP contribution in [0.15, 0.2) is 42.5 Å². The average Bonchev–Trinajstić information content (AvgIpc) is 2.75. The predicted molar refractivity (Wildman–Crippen MR) is 118 cm³/mol. The fraction of sp³-hybridized carbons (Fsp3) is 0.455. The second kappa shape index (κ2) is 11.8. The molecule has 29 heavy (non-hydrogen) atoms. The zero-order valence-electron chi connectivity index (χ0n) is 16.9. The van der Waals surface area contributed by atoms with Crippen LogP contribution in [0.3, 0.4) is 0 Å². The monoisotopic (exact) mass is 419 g/mol. The van der Waals surface area contributed by atoms with Crippen molar-refractivity contribution >= 4 is 35.0 Å². The van der Waals surface area contributed by atoms with E-state index in [4.69, 9.17) is 4.74 Å². The summed E-state index contributed by atoms with van der Waals surface area (Å²) in [6.07, 6.45) is 1.42. The van der Waals surface area contributed by atoms with Gasteiger partial charge in [0.05, 0.1) is 6.61 Å². The Kier molecular flexibility index (Phi) is 9.38. The third-order valence-electron chi connectivity index (χ3n) is 5.26. The van der Waals surface area contributed by atoms with Crippen molar-refractivity contribution in [2.24, 2.45) is 5.92 Å². The average molecular weight is 420 g/mol. The van der Waals surface area contributed by atoms with Gasteiger partial charge in [0, 0.05) is 51.3 Å². The van der Waals surface area contributed by atoms with Crippen LogP contribution in [0, 0.1) is 5.92 Å². The molecule has 1 saturated heterocycles. The van der Waals surface area contributed by atoms with Crippen molar-refractivity contribution in [2.75, 3.05) is 46.4 Å². The highest BCUT2D eigenvalue weighted by Gasteiger charge is 2.28. The molecule has 2 N–H and O–H groups in total. The van der Waals surface area contributed by atoms with Gasteiger partial charge in [0.15, 0.2) is 0 Å². The second-order valence-corrected chi connectivity index (χ2v) is 7.13. The van der Waals surface area contributed by atoms with Crippen molar-refractivity contribution in [1.82, 2.24) is 15.5 Å². The van der Waals surface area contributed by atoms with Crippen molar-refractivity contribution in [1.29, 1.82) is 0 Å². The van der Waals surface area contributed by atoms with E-state index in [9.17, 15) is 9.59 Å². The molecular formula is C22H30ClN3O3. The van der Waals surface area contributed by atoms with E-state index in [1.165, 1.54) is 0 Å². The number of carbonyl (C=O) groups excluding carboxylic acids is 2. The van der Waals surface area contributed by atoms with Crippen LogP contribution >= 0.6 is 12.4 Å². The molecule has 1 aliphatic heterocycles. The molecule has 0 aromatic heterocycles. The highest BCUT2D eigenvalue weighted by atomic mass is 35.5. The first-order valence-corrected chi connectivity index (χ1v) is 9.95. The third kappa shape index (κ3) is 6.16. The summed E-state index contributed by atoms with van der Waals surface area (Å²) in [6.45, 7) is 4.02. The van der Waals surface area contributed by atoms with E-state index in [1.807, 2.05) is 47.4 Å². The maximum Gasteiger partial charge on any atom is 0.254 e. The summed E-state index contributed by atoms with van der Waals surface area (Å²) in [5, 5.41) is 8.24. The van der Waals surface area contributed by atoms with Crippen molar-refractivity contribution in [2.45, 2.75) is 12.8 Å². The van der Waals surface area contributed by atoms with Crippen LogP contribution in [0.5, 0.6) is 0 Å². The summed E-state index contributed by atoms with van der Waals surface area (Å²) in [7, 11) is 1.67. The Hall–Kier alpha value is -2.15. The summed E-state index contributed by atoms with van der Waals surface area (Å²) in [4.78, 5) is 27.2. The van der Waals surface area contributed by atoms with Crippen molar-refractivity contribution < 1.29 is 14.3 Å². The molecule has 0 aliphatic carbocycles. The van der Waals surface area contributed by atoms with Crippen LogP contribution in [0.1, 0.15) is 23.2 Å². The van der Waals surface area contributed by atoms with Gasteiger partial charge in [-0.2, -0.15) is 0 Å². The fourth-order valence-corrected chi connectivity index (χ4v) is 3.64. The Morgan fingerprint density at radius 2 is 1.76 bits per heavy atom. The quantitative estimate of drug-likeness (QED) is 0.645. The number of fused-ring (bicyclic) bond motifs is 1. The van der Waals surface area contributed by atoms with E-state index in [1.54, 1.807) is 7.11 Å². The van der Waals surface area contributed by atoms with Gasteiger partial charge in [-0.1, -0.05) is 36.4 Å². The summed E-state index contributed by atoms with van der Waals surface area (Å²) >= 11 is 0. The number of amides is 2. The number of rotatable bonds is 8. The number of hydrogen-bond donors (Lipinski definition) is 2. The van der Waals surface area contributed by atoms with Gasteiger partial charge < -0.3 is 20.3 Å². The number of hydrogen-bond acceptors (Lipinski definition) is 4. The maximum absolute atomic E-state index is 13.0. The molecule has 0 spiro atoms. The van der Waals surface area contributed by atoms with Crippen LogP contribution in [0.25, 0.3) is 10.8 Å². The Labute approximate surface area is 178 Å². The number of nitrogens with zero attached hydrogens (tertiary/aromatic N) is 1. The largest absolute Gasteiger partial charge is 0.383 e. The Morgan fingerprint density at radius 3 is 2.52 bits per heavy atom. The zero-order valence-corrected chi connectivity index (χ0v) is 17.7. The molecule has 158 valence electrons. The molecule has 2 amide bonds. The van der Waals surface area contributed by atoms with Gasteiger partial charge in [-0.25, -0.2) is 0 Å². The van der Waals surface area contributed by atoms with Crippen molar-refractivity contribution in [3.63, 3.8) is 0 Å². The van der Waals surface area contributed by atoms with Gasteiger partial charge in [-0.05, 0) is 29.7 Å². The van der Waals surface area contributed by atoms with Crippen molar-refractivity contribution in [3.05, 3.63) is 48.0 Å². The lowest BCUT2D eigenvalue weighted by molar-refractivity contribution is -0.126. The normalized spacial score (nSPS) is 14.4. The minimum atomic E-state index is -0.0180. The predicted octanol–water partition coefficient (Wildman–Crippen LogP) is 2.47. The number of ether oxygens (including phenoxy) is 1. The first-order valence-electron chi connectivity index (χ1n) is 9.95. The molecule has 1 aliphatic rings. The molecular weight excluding hydrogens is 390 g/mol. The van der Waals surface area contributed by atoms with Gasteiger partial charge in [0.2, 0.25) is 5.91 Å². The maximum atomic E-state index is 13.0. The molecule has 0 saturated carbocycles. The Morgan fingerprint density at radius 1 is 1.03 bits per heavy atom. The van der Waals surface area contributed by atoms with Crippen LogP contribution in [-0.2, 0) is 9.53 Å². The van der Waals surface area contributed by atoms with E-state index in [2.05, 4.69) is 10.6 Å². The van der Waals surface area contributed by atoms with Crippen LogP contribution < -0.4 is 10.6 Å². The molecule has 0 unspecified atom stereocenters. The van der Waals surface area contributed by atoms with Crippen molar-refractivity contribution in [3.8, 4) is 0 Å². The number of halogens is 1. The zero-order chi connectivity index (χ0) is 19.8. The molecule has 0 radical (unpaired) electrons. The lowest BCUT2D eigenvalue weighted by Crippen LogP contribution is -2.44. The number of benzene rings is 2. The van der Waals surface area contributed by atoms with Gasteiger partial charge in [0.1, 0.15) is 0 Å². The first kappa shape index (κ1) is 23.1. The molecule has 6 nitrogen and oxygen atoms in total. The fourth-order valence-electron chi connectivity index (χ4n) is 3.64. The van der Waals surface area contributed by atoms with Gasteiger partial charge in [-0.3, -0.25) is 9.59 Å². The van der Waals surface area contributed by atoms with E-state index >= 15 is 0 Å². The number of carbonyl (C=O) groups is 2.